The van der Waals surface area contributed by atoms with Gasteiger partial charge in [0.1, 0.15) is 0 Å². The molecule has 0 bridgehead atoms. The van der Waals surface area contributed by atoms with Crippen LogP contribution in [0.3, 0.4) is 0 Å². The lowest BCUT2D eigenvalue weighted by Gasteiger charge is -2.29. The normalized spacial score (nSPS) is 15.9. The molecule has 0 saturated heterocycles. The standard InChI is InChI=1S/C21H44/c1-6-9-12-13-14-15-18-21(17-11-8-3)20(5)19(4)16-10-7-2/h19-21H,6-18H2,1-5H3. The summed E-state index contributed by atoms with van der Waals surface area (Å²) >= 11 is 0. The molecule has 0 aromatic heterocycles. The Labute approximate surface area is 136 Å². The van der Waals surface area contributed by atoms with Crippen molar-refractivity contribution in [3.05, 3.63) is 0 Å². The minimum Gasteiger partial charge on any atom is -0.0654 e. The van der Waals surface area contributed by atoms with Gasteiger partial charge in [0.25, 0.3) is 0 Å². The molecule has 0 spiro atoms. The van der Waals surface area contributed by atoms with E-state index >= 15 is 0 Å². The Bertz CT molecular complexity index is 196. The first-order valence-electron chi connectivity index (χ1n) is 10.2. The molecule has 0 aliphatic carbocycles. The summed E-state index contributed by atoms with van der Waals surface area (Å²) in [4.78, 5) is 0. The highest BCUT2D eigenvalue weighted by Gasteiger charge is 2.21. The summed E-state index contributed by atoms with van der Waals surface area (Å²) in [7, 11) is 0. The average Bonchev–Trinajstić information content (AvgIpc) is 2.50. The molecule has 3 atom stereocenters. The van der Waals surface area contributed by atoms with Crippen molar-refractivity contribution in [3.63, 3.8) is 0 Å². The Morgan fingerprint density at radius 2 is 1.00 bits per heavy atom. The third-order valence-electron chi connectivity index (χ3n) is 5.51. The van der Waals surface area contributed by atoms with E-state index in [0.717, 1.165) is 17.8 Å². The van der Waals surface area contributed by atoms with Crippen molar-refractivity contribution in [2.45, 2.75) is 118 Å². The molecule has 0 aliphatic heterocycles. The lowest BCUT2D eigenvalue weighted by atomic mass is 9.76. The topological polar surface area (TPSA) is 0 Å². The van der Waals surface area contributed by atoms with Crippen molar-refractivity contribution in [3.8, 4) is 0 Å². The summed E-state index contributed by atoms with van der Waals surface area (Å²) in [6.07, 6.45) is 18.7. The van der Waals surface area contributed by atoms with E-state index in [-0.39, 0.29) is 0 Å². The molecule has 0 radical (unpaired) electrons. The van der Waals surface area contributed by atoms with Crippen LogP contribution in [0.1, 0.15) is 118 Å². The predicted octanol–water partition coefficient (Wildman–Crippen LogP) is 8.01. The fraction of sp³-hybridized carbons (Fsp3) is 1.00. The van der Waals surface area contributed by atoms with Crippen LogP contribution in [0, 0.1) is 17.8 Å². The van der Waals surface area contributed by atoms with Gasteiger partial charge in [-0.3, -0.25) is 0 Å². The van der Waals surface area contributed by atoms with Crippen LogP contribution in [-0.4, -0.2) is 0 Å². The van der Waals surface area contributed by atoms with Crippen LogP contribution in [0.25, 0.3) is 0 Å². The van der Waals surface area contributed by atoms with Gasteiger partial charge in [-0.05, 0) is 17.8 Å². The fourth-order valence-corrected chi connectivity index (χ4v) is 3.58. The minimum absolute atomic E-state index is 0.923. The Morgan fingerprint density at radius 3 is 1.62 bits per heavy atom. The second-order valence-corrected chi connectivity index (χ2v) is 7.44. The van der Waals surface area contributed by atoms with Crippen molar-refractivity contribution in [2.24, 2.45) is 17.8 Å². The van der Waals surface area contributed by atoms with E-state index in [2.05, 4.69) is 34.6 Å². The summed E-state index contributed by atoms with van der Waals surface area (Å²) in [6.45, 7) is 12.0. The maximum absolute atomic E-state index is 2.54. The molecule has 0 amide bonds. The number of rotatable bonds is 15. The molecule has 21 heavy (non-hydrogen) atoms. The van der Waals surface area contributed by atoms with E-state index in [4.69, 9.17) is 0 Å². The molecule has 0 aliphatic rings. The first-order valence-corrected chi connectivity index (χ1v) is 10.2. The molecule has 128 valence electrons. The zero-order valence-corrected chi connectivity index (χ0v) is 15.9. The second kappa shape index (κ2) is 14.9. The first kappa shape index (κ1) is 21.0. The van der Waals surface area contributed by atoms with Crippen molar-refractivity contribution in [1.29, 1.82) is 0 Å². The van der Waals surface area contributed by atoms with E-state index < -0.39 is 0 Å². The molecule has 0 rings (SSSR count). The van der Waals surface area contributed by atoms with Gasteiger partial charge in [-0.1, -0.05) is 118 Å². The summed E-state index contributed by atoms with van der Waals surface area (Å²) < 4.78 is 0. The molecule has 0 saturated carbocycles. The smallest absolute Gasteiger partial charge is 0.0386 e. The van der Waals surface area contributed by atoms with Gasteiger partial charge >= 0.3 is 0 Å². The highest BCUT2D eigenvalue weighted by molar-refractivity contribution is 4.72. The van der Waals surface area contributed by atoms with Crippen molar-refractivity contribution < 1.29 is 0 Å². The summed E-state index contributed by atoms with van der Waals surface area (Å²) in [5.41, 5.74) is 0. The quantitative estimate of drug-likeness (QED) is 0.268. The zero-order valence-electron chi connectivity index (χ0n) is 15.9. The lowest BCUT2D eigenvalue weighted by molar-refractivity contribution is 0.214. The van der Waals surface area contributed by atoms with Crippen LogP contribution >= 0.6 is 0 Å². The number of hydrogen-bond acceptors (Lipinski definition) is 0. The van der Waals surface area contributed by atoms with Crippen LogP contribution in [-0.2, 0) is 0 Å². The Hall–Kier alpha value is 0. The molecule has 0 nitrogen and oxygen atoms in total. The average molecular weight is 297 g/mol. The van der Waals surface area contributed by atoms with Gasteiger partial charge in [-0.25, -0.2) is 0 Å². The number of hydrogen-bond donors (Lipinski definition) is 0. The molecule has 3 unspecified atom stereocenters. The third kappa shape index (κ3) is 11.2. The SMILES string of the molecule is CCCCCCCCC(CCCC)C(C)C(C)CCCC. The van der Waals surface area contributed by atoms with Crippen LogP contribution in [0.5, 0.6) is 0 Å². The van der Waals surface area contributed by atoms with Gasteiger partial charge in [0.2, 0.25) is 0 Å². The summed E-state index contributed by atoms with van der Waals surface area (Å²) in [5, 5.41) is 0. The van der Waals surface area contributed by atoms with Crippen molar-refractivity contribution >= 4 is 0 Å². The van der Waals surface area contributed by atoms with E-state index in [1.807, 2.05) is 0 Å². The second-order valence-electron chi connectivity index (χ2n) is 7.44. The van der Waals surface area contributed by atoms with E-state index in [1.54, 1.807) is 0 Å². The van der Waals surface area contributed by atoms with Crippen LogP contribution in [0.2, 0.25) is 0 Å². The van der Waals surface area contributed by atoms with Gasteiger partial charge in [0.05, 0.1) is 0 Å². The van der Waals surface area contributed by atoms with E-state index in [0.29, 0.717) is 0 Å². The van der Waals surface area contributed by atoms with Gasteiger partial charge in [-0.15, -0.1) is 0 Å². The molecule has 0 N–H and O–H groups in total. The summed E-state index contributed by atoms with van der Waals surface area (Å²) in [6, 6.07) is 0. The Kier molecular flexibility index (Phi) is 14.9. The van der Waals surface area contributed by atoms with Crippen LogP contribution in [0.4, 0.5) is 0 Å². The molecule has 0 aromatic carbocycles. The fourth-order valence-electron chi connectivity index (χ4n) is 3.58. The van der Waals surface area contributed by atoms with Gasteiger partial charge in [0.15, 0.2) is 0 Å². The van der Waals surface area contributed by atoms with Crippen LogP contribution < -0.4 is 0 Å². The molecular formula is C21H44. The lowest BCUT2D eigenvalue weighted by Crippen LogP contribution is -2.19. The van der Waals surface area contributed by atoms with E-state index in [9.17, 15) is 0 Å². The third-order valence-corrected chi connectivity index (χ3v) is 5.51. The maximum Gasteiger partial charge on any atom is -0.0386 e. The van der Waals surface area contributed by atoms with E-state index in [1.165, 1.54) is 83.5 Å². The molecule has 0 aromatic rings. The highest BCUT2D eigenvalue weighted by Crippen LogP contribution is 2.32. The van der Waals surface area contributed by atoms with Gasteiger partial charge in [-0.2, -0.15) is 0 Å². The minimum atomic E-state index is 0.923. The Balaban J connectivity index is 4.04. The number of unbranched alkanes of at least 4 members (excludes halogenated alkanes) is 7. The maximum atomic E-state index is 2.54. The molecule has 0 heterocycles. The van der Waals surface area contributed by atoms with Crippen LogP contribution in [0.15, 0.2) is 0 Å². The van der Waals surface area contributed by atoms with Crippen molar-refractivity contribution in [1.82, 2.24) is 0 Å². The first-order chi connectivity index (χ1) is 10.2. The van der Waals surface area contributed by atoms with Gasteiger partial charge < -0.3 is 0 Å². The van der Waals surface area contributed by atoms with Crippen molar-refractivity contribution in [2.75, 3.05) is 0 Å². The predicted molar refractivity (Wildman–Crippen MR) is 98.9 cm³/mol. The molecular weight excluding hydrogens is 252 g/mol. The van der Waals surface area contributed by atoms with Gasteiger partial charge in [0, 0.05) is 0 Å². The highest BCUT2D eigenvalue weighted by atomic mass is 14.3. The largest absolute Gasteiger partial charge is 0.0654 e. The molecule has 0 fully saturated rings. The summed E-state index contributed by atoms with van der Waals surface area (Å²) in [5.74, 6) is 2.84. The zero-order chi connectivity index (χ0) is 15.9. The Morgan fingerprint density at radius 1 is 0.524 bits per heavy atom. The molecule has 0 heteroatoms. The monoisotopic (exact) mass is 296 g/mol.